The topological polar surface area (TPSA) is 115 Å². The molecule has 1 unspecified atom stereocenters. The Hall–Kier alpha value is -3.97. The maximum absolute atomic E-state index is 13.0. The molecule has 1 aliphatic heterocycles. The van der Waals surface area contributed by atoms with E-state index in [9.17, 15) is 10.1 Å². The van der Waals surface area contributed by atoms with E-state index < -0.39 is 11.7 Å². The van der Waals surface area contributed by atoms with Crippen LogP contribution in [0.1, 0.15) is 42.5 Å². The van der Waals surface area contributed by atoms with E-state index in [-0.39, 0.29) is 17.7 Å². The highest BCUT2D eigenvalue weighted by atomic mass is 35.5. The number of nitriles is 1. The van der Waals surface area contributed by atoms with Gasteiger partial charge in [-0.2, -0.15) is 10.4 Å². The van der Waals surface area contributed by atoms with Crippen LogP contribution in [0.15, 0.2) is 53.7 Å². The van der Waals surface area contributed by atoms with Crippen LogP contribution in [0.5, 0.6) is 0 Å². The standard InChI is InChI=1S/C28H25ClN6O3/c1-16(22-15-37-28(3,4)38-22)14-31-27(36)21-8-9-35-26(33-21)24(20-10-17(2)32-23(29)12-20)25(34-35)19-7-5-6-18(11-19)13-30/h5-12,14,16,22H,15H2,1-4H3/t16?,22-/m1/s1. The van der Waals surface area contributed by atoms with Crippen molar-refractivity contribution in [2.45, 2.75) is 39.6 Å². The fraction of sp³-hybridized carbons (Fsp3) is 0.286. The number of rotatable bonds is 5. The van der Waals surface area contributed by atoms with Crippen LogP contribution >= 0.6 is 11.6 Å². The summed E-state index contributed by atoms with van der Waals surface area (Å²) >= 11 is 6.29. The molecule has 1 fully saturated rings. The van der Waals surface area contributed by atoms with Gasteiger partial charge in [0, 0.05) is 29.6 Å². The van der Waals surface area contributed by atoms with Gasteiger partial charge in [-0.3, -0.25) is 4.79 Å². The molecule has 1 amide bonds. The first-order valence-corrected chi connectivity index (χ1v) is 12.5. The number of pyridine rings is 1. The number of ether oxygens (including phenoxy) is 2. The maximum atomic E-state index is 13.0. The number of hydrogen-bond acceptors (Lipinski definition) is 7. The Labute approximate surface area is 224 Å². The highest BCUT2D eigenvalue weighted by Crippen LogP contribution is 2.36. The third-order valence-corrected chi connectivity index (χ3v) is 6.42. The molecule has 0 bridgehead atoms. The zero-order chi connectivity index (χ0) is 27.0. The first kappa shape index (κ1) is 25.7. The summed E-state index contributed by atoms with van der Waals surface area (Å²) in [5, 5.41) is 14.5. The average Bonchev–Trinajstić information content (AvgIpc) is 3.46. The first-order chi connectivity index (χ1) is 18.1. The minimum atomic E-state index is -0.652. The number of benzene rings is 1. The second kappa shape index (κ2) is 10.1. The van der Waals surface area contributed by atoms with Crippen molar-refractivity contribution in [2.24, 2.45) is 10.9 Å². The molecule has 192 valence electrons. The molecule has 0 saturated carbocycles. The molecule has 1 aliphatic rings. The number of nitrogens with zero attached hydrogens (tertiary/aromatic N) is 6. The van der Waals surface area contributed by atoms with E-state index in [1.165, 1.54) is 0 Å². The monoisotopic (exact) mass is 528 g/mol. The molecule has 0 N–H and O–H groups in total. The second-order valence-electron chi connectivity index (χ2n) is 9.63. The second-order valence-corrected chi connectivity index (χ2v) is 10.0. The molecule has 0 aliphatic carbocycles. The first-order valence-electron chi connectivity index (χ1n) is 12.1. The van der Waals surface area contributed by atoms with Crippen LogP contribution in [0.2, 0.25) is 5.15 Å². The van der Waals surface area contributed by atoms with Gasteiger partial charge in [-0.15, -0.1) is 0 Å². The number of hydrogen-bond donors (Lipinski definition) is 0. The third kappa shape index (κ3) is 5.20. The van der Waals surface area contributed by atoms with E-state index in [4.69, 9.17) is 26.2 Å². The van der Waals surface area contributed by atoms with Crippen molar-refractivity contribution in [2.75, 3.05) is 6.61 Å². The van der Waals surface area contributed by atoms with Crippen LogP contribution in [0, 0.1) is 24.2 Å². The number of aliphatic imine (C=N–C) groups is 1. The smallest absolute Gasteiger partial charge is 0.295 e. The lowest BCUT2D eigenvalue weighted by Crippen LogP contribution is -2.26. The van der Waals surface area contributed by atoms with Crippen LogP contribution in [0.3, 0.4) is 0 Å². The van der Waals surface area contributed by atoms with Gasteiger partial charge in [0.1, 0.15) is 16.5 Å². The minimum Gasteiger partial charge on any atom is -0.348 e. The van der Waals surface area contributed by atoms with Crippen LogP contribution in [-0.4, -0.2) is 50.2 Å². The molecule has 3 aromatic heterocycles. The zero-order valence-corrected chi connectivity index (χ0v) is 22.1. The Kier molecular flexibility index (Phi) is 6.80. The van der Waals surface area contributed by atoms with Gasteiger partial charge in [0.2, 0.25) is 0 Å². The van der Waals surface area contributed by atoms with Gasteiger partial charge in [-0.05, 0) is 56.7 Å². The third-order valence-electron chi connectivity index (χ3n) is 6.22. The Morgan fingerprint density at radius 2 is 2.08 bits per heavy atom. The minimum absolute atomic E-state index is 0.129. The van der Waals surface area contributed by atoms with Gasteiger partial charge >= 0.3 is 0 Å². The SMILES string of the molecule is Cc1cc(-c2c(-c3cccc(C#N)c3)nn3ccc(C(=O)N=CC(C)[C@H]4COC(C)(C)O4)nc23)cc(Cl)n1. The van der Waals surface area contributed by atoms with Crippen molar-refractivity contribution in [1.29, 1.82) is 5.26 Å². The molecule has 1 aromatic carbocycles. The molecular weight excluding hydrogens is 504 g/mol. The van der Waals surface area contributed by atoms with Gasteiger partial charge in [0.25, 0.3) is 5.91 Å². The van der Waals surface area contributed by atoms with E-state index in [0.29, 0.717) is 34.2 Å². The van der Waals surface area contributed by atoms with Gasteiger partial charge in [0.15, 0.2) is 11.4 Å². The number of aryl methyl sites for hydroxylation is 1. The van der Waals surface area contributed by atoms with Crippen molar-refractivity contribution in [3.05, 3.63) is 70.8 Å². The fourth-order valence-electron chi connectivity index (χ4n) is 4.35. The Morgan fingerprint density at radius 3 is 2.79 bits per heavy atom. The lowest BCUT2D eigenvalue weighted by atomic mass is 10.00. The van der Waals surface area contributed by atoms with Crippen LogP contribution < -0.4 is 0 Å². The molecular formula is C28H25ClN6O3. The Morgan fingerprint density at radius 1 is 1.26 bits per heavy atom. The van der Waals surface area contributed by atoms with Crippen LogP contribution in [-0.2, 0) is 9.47 Å². The number of halogens is 1. The molecule has 9 nitrogen and oxygen atoms in total. The van der Waals surface area contributed by atoms with Crippen LogP contribution in [0.25, 0.3) is 28.0 Å². The van der Waals surface area contributed by atoms with E-state index in [0.717, 1.165) is 16.8 Å². The quantitative estimate of drug-likeness (QED) is 0.255. The summed E-state index contributed by atoms with van der Waals surface area (Å²) < 4.78 is 13.1. The van der Waals surface area contributed by atoms with Gasteiger partial charge in [-0.25, -0.2) is 19.5 Å². The number of fused-ring (bicyclic) bond motifs is 1. The fourth-order valence-corrected chi connectivity index (χ4v) is 4.60. The van der Waals surface area contributed by atoms with E-state index in [1.807, 2.05) is 39.8 Å². The molecule has 0 radical (unpaired) electrons. The summed E-state index contributed by atoms with van der Waals surface area (Å²) in [5.74, 6) is -1.27. The predicted octanol–water partition coefficient (Wildman–Crippen LogP) is 5.29. The van der Waals surface area contributed by atoms with Gasteiger partial charge in [-0.1, -0.05) is 30.7 Å². The number of carbonyl (C=O) groups excluding carboxylic acids is 1. The van der Waals surface area contributed by atoms with Gasteiger partial charge in [0.05, 0.1) is 29.9 Å². The molecule has 1 saturated heterocycles. The molecule has 5 rings (SSSR count). The van der Waals surface area contributed by atoms with Crippen molar-refractivity contribution in [3.8, 4) is 28.5 Å². The maximum Gasteiger partial charge on any atom is 0.295 e. The normalized spacial score (nSPS) is 17.6. The Balaban J connectivity index is 1.57. The zero-order valence-electron chi connectivity index (χ0n) is 21.3. The Bertz CT molecular complexity index is 1600. The van der Waals surface area contributed by atoms with E-state index in [1.54, 1.807) is 47.3 Å². The van der Waals surface area contributed by atoms with Crippen LogP contribution in [0.4, 0.5) is 0 Å². The predicted molar refractivity (Wildman–Crippen MR) is 143 cm³/mol. The lowest BCUT2D eigenvalue weighted by Gasteiger charge is -2.18. The summed E-state index contributed by atoms with van der Waals surface area (Å²) in [4.78, 5) is 26.1. The number of carbonyl (C=O) groups is 1. The van der Waals surface area contributed by atoms with Gasteiger partial charge < -0.3 is 9.47 Å². The molecule has 38 heavy (non-hydrogen) atoms. The van der Waals surface area contributed by atoms with Crippen molar-refractivity contribution < 1.29 is 14.3 Å². The average molecular weight is 529 g/mol. The lowest BCUT2D eigenvalue weighted by molar-refractivity contribution is -0.140. The van der Waals surface area contributed by atoms with Crippen molar-refractivity contribution in [3.63, 3.8) is 0 Å². The molecule has 0 spiro atoms. The largest absolute Gasteiger partial charge is 0.348 e. The van der Waals surface area contributed by atoms with Crippen molar-refractivity contribution in [1.82, 2.24) is 19.6 Å². The number of aromatic nitrogens is 4. The molecule has 4 heterocycles. The van der Waals surface area contributed by atoms with E-state index in [2.05, 4.69) is 21.0 Å². The van der Waals surface area contributed by atoms with Crippen molar-refractivity contribution >= 4 is 29.4 Å². The summed E-state index contributed by atoms with van der Waals surface area (Å²) in [5.41, 5.74) is 4.57. The summed E-state index contributed by atoms with van der Waals surface area (Å²) in [6.45, 7) is 7.91. The highest BCUT2D eigenvalue weighted by Gasteiger charge is 2.35. The molecule has 4 aromatic rings. The molecule has 2 atom stereocenters. The summed E-state index contributed by atoms with van der Waals surface area (Å²) in [6, 6.07) is 14.5. The summed E-state index contributed by atoms with van der Waals surface area (Å²) in [6.07, 6.45) is 3.05. The number of amides is 1. The van der Waals surface area contributed by atoms with E-state index >= 15 is 0 Å². The highest BCUT2D eigenvalue weighted by molar-refractivity contribution is 6.29. The molecule has 10 heteroatoms. The summed E-state index contributed by atoms with van der Waals surface area (Å²) in [7, 11) is 0.